The molecule has 0 aliphatic heterocycles. The fourth-order valence-corrected chi connectivity index (χ4v) is 0.495. The van der Waals surface area contributed by atoms with Crippen molar-refractivity contribution in [3.63, 3.8) is 0 Å². The Bertz CT molecular complexity index is 175. The van der Waals surface area contributed by atoms with E-state index in [2.05, 4.69) is 4.74 Å². The molecular formula is C6H10O6. The Balaban J connectivity index is 3.85. The minimum Gasteiger partial charge on any atom is -0.481 e. The molecule has 2 atom stereocenters. The van der Waals surface area contributed by atoms with Gasteiger partial charge in [-0.05, 0) is 6.92 Å². The normalized spacial score (nSPS) is 14.9. The van der Waals surface area contributed by atoms with Gasteiger partial charge >= 0.3 is 11.9 Å². The zero-order valence-electron chi connectivity index (χ0n) is 6.43. The molecule has 0 aromatic heterocycles. The van der Waals surface area contributed by atoms with Crippen molar-refractivity contribution in [2.75, 3.05) is 0 Å². The van der Waals surface area contributed by atoms with Crippen molar-refractivity contribution in [3.05, 3.63) is 0 Å². The molecule has 0 aliphatic rings. The standard InChI is InChI=1S/C6H10O6/c1-3(7)12-6(11)4(8)2-5(9)10/h3-4,7-8H,2H2,1H3,(H,9,10). The van der Waals surface area contributed by atoms with Crippen molar-refractivity contribution in [1.29, 1.82) is 0 Å². The Kier molecular flexibility index (Phi) is 4.24. The van der Waals surface area contributed by atoms with Gasteiger partial charge in [0.1, 0.15) is 0 Å². The first kappa shape index (κ1) is 10.9. The van der Waals surface area contributed by atoms with Crippen molar-refractivity contribution in [1.82, 2.24) is 0 Å². The summed E-state index contributed by atoms with van der Waals surface area (Å²) in [7, 11) is 0. The lowest BCUT2D eigenvalue weighted by atomic mass is 10.2. The molecule has 70 valence electrons. The Morgan fingerprint density at radius 2 is 1.92 bits per heavy atom. The molecule has 0 aromatic rings. The Labute approximate surface area is 68.4 Å². The van der Waals surface area contributed by atoms with Gasteiger partial charge < -0.3 is 20.1 Å². The van der Waals surface area contributed by atoms with Crippen LogP contribution in [-0.4, -0.2) is 39.7 Å². The van der Waals surface area contributed by atoms with Crippen molar-refractivity contribution in [3.8, 4) is 0 Å². The van der Waals surface area contributed by atoms with Gasteiger partial charge in [0.15, 0.2) is 12.4 Å². The number of rotatable bonds is 4. The van der Waals surface area contributed by atoms with E-state index in [1.165, 1.54) is 6.92 Å². The van der Waals surface area contributed by atoms with E-state index in [1.54, 1.807) is 0 Å². The van der Waals surface area contributed by atoms with Gasteiger partial charge in [0, 0.05) is 0 Å². The van der Waals surface area contributed by atoms with Crippen LogP contribution in [0.4, 0.5) is 0 Å². The quantitative estimate of drug-likeness (QED) is 0.365. The first-order valence-electron chi connectivity index (χ1n) is 3.22. The van der Waals surface area contributed by atoms with Crippen molar-refractivity contribution in [2.24, 2.45) is 0 Å². The molecule has 0 aliphatic carbocycles. The van der Waals surface area contributed by atoms with Crippen LogP contribution in [0.15, 0.2) is 0 Å². The minimum atomic E-state index is -1.72. The number of aliphatic hydroxyl groups excluding tert-OH is 2. The van der Waals surface area contributed by atoms with E-state index >= 15 is 0 Å². The smallest absolute Gasteiger partial charge is 0.337 e. The number of esters is 1. The molecule has 0 spiro atoms. The molecule has 6 nitrogen and oxygen atoms in total. The van der Waals surface area contributed by atoms with E-state index in [1.807, 2.05) is 0 Å². The molecule has 12 heavy (non-hydrogen) atoms. The summed E-state index contributed by atoms with van der Waals surface area (Å²) in [5, 5.41) is 25.4. The maximum atomic E-state index is 10.6. The van der Waals surface area contributed by atoms with E-state index < -0.39 is 30.8 Å². The topological polar surface area (TPSA) is 104 Å². The number of hydrogen-bond acceptors (Lipinski definition) is 5. The number of aliphatic hydroxyl groups is 2. The van der Waals surface area contributed by atoms with Crippen molar-refractivity contribution < 1.29 is 29.6 Å². The number of carboxylic acids is 1. The number of ether oxygens (including phenoxy) is 1. The molecule has 0 saturated heterocycles. The van der Waals surface area contributed by atoms with Crippen LogP contribution in [-0.2, 0) is 14.3 Å². The highest BCUT2D eigenvalue weighted by atomic mass is 16.6. The molecule has 0 rings (SSSR count). The lowest BCUT2D eigenvalue weighted by Gasteiger charge is -2.09. The van der Waals surface area contributed by atoms with Gasteiger partial charge in [-0.15, -0.1) is 0 Å². The van der Waals surface area contributed by atoms with Crippen LogP contribution in [0.2, 0.25) is 0 Å². The lowest BCUT2D eigenvalue weighted by Crippen LogP contribution is -2.28. The minimum absolute atomic E-state index is 0.731. The van der Waals surface area contributed by atoms with Crippen LogP contribution < -0.4 is 0 Å². The summed E-state index contributed by atoms with van der Waals surface area (Å²) in [6, 6.07) is 0. The number of carbonyl (C=O) groups excluding carboxylic acids is 1. The van der Waals surface area contributed by atoms with Crippen LogP contribution >= 0.6 is 0 Å². The molecular weight excluding hydrogens is 168 g/mol. The summed E-state index contributed by atoms with van der Waals surface area (Å²) >= 11 is 0. The maximum absolute atomic E-state index is 10.6. The predicted molar refractivity (Wildman–Crippen MR) is 36.0 cm³/mol. The first-order valence-corrected chi connectivity index (χ1v) is 3.22. The first-order chi connectivity index (χ1) is 5.43. The number of carbonyl (C=O) groups is 2. The lowest BCUT2D eigenvalue weighted by molar-refractivity contribution is -0.176. The molecule has 0 heterocycles. The van der Waals surface area contributed by atoms with Gasteiger partial charge in [-0.25, -0.2) is 4.79 Å². The molecule has 0 bridgehead atoms. The molecule has 0 saturated carbocycles. The summed E-state index contributed by atoms with van der Waals surface area (Å²) in [5.41, 5.74) is 0. The number of aliphatic carboxylic acids is 1. The second-order valence-corrected chi connectivity index (χ2v) is 2.15. The molecule has 0 radical (unpaired) electrons. The van der Waals surface area contributed by atoms with Crippen LogP contribution in [0.1, 0.15) is 13.3 Å². The predicted octanol–water partition coefficient (Wildman–Crippen LogP) is -1.30. The van der Waals surface area contributed by atoms with Gasteiger partial charge in [-0.1, -0.05) is 0 Å². The van der Waals surface area contributed by atoms with Crippen LogP contribution in [0.25, 0.3) is 0 Å². The Hall–Kier alpha value is -1.14. The summed E-state index contributed by atoms with van der Waals surface area (Å²) in [4.78, 5) is 20.6. The van der Waals surface area contributed by atoms with Gasteiger partial charge in [0.05, 0.1) is 6.42 Å². The monoisotopic (exact) mass is 178 g/mol. The molecule has 6 heteroatoms. The van der Waals surface area contributed by atoms with Gasteiger partial charge in [0.25, 0.3) is 0 Å². The summed E-state index contributed by atoms with van der Waals surface area (Å²) in [5.74, 6) is -2.46. The van der Waals surface area contributed by atoms with Crippen molar-refractivity contribution >= 4 is 11.9 Å². The number of carboxylic acid groups (broad SMARTS) is 1. The zero-order valence-corrected chi connectivity index (χ0v) is 6.43. The van der Waals surface area contributed by atoms with Crippen LogP contribution in [0, 0.1) is 0 Å². The van der Waals surface area contributed by atoms with E-state index in [0.717, 1.165) is 0 Å². The highest BCUT2D eigenvalue weighted by Crippen LogP contribution is 1.97. The molecule has 0 fully saturated rings. The van der Waals surface area contributed by atoms with Gasteiger partial charge in [0.2, 0.25) is 0 Å². The third-order valence-corrected chi connectivity index (χ3v) is 0.927. The fourth-order valence-electron chi connectivity index (χ4n) is 0.495. The van der Waals surface area contributed by atoms with Crippen LogP contribution in [0.3, 0.4) is 0 Å². The molecule has 2 unspecified atom stereocenters. The largest absolute Gasteiger partial charge is 0.481 e. The Morgan fingerprint density at radius 3 is 2.25 bits per heavy atom. The van der Waals surface area contributed by atoms with E-state index in [0.29, 0.717) is 0 Å². The molecule has 3 N–H and O–H groups in total. The third kappa shape index (κ3) is 4.64. The second-order valence-electron chi connectivity index (χ2n) is 2.15. The highest BCUT2D eigenvalue weighted by molar-refractivity contribution is 5.80. The number of hydrogen-bond donors (Lipinski definition) is 3. The third-order valence-electron chi connectivity index (χ3n) is 0.927. The van der Waals surface area contributed by atoms with E-state index in [9.17, 15) is 9.59 Å². The summed E-state index contributed by atoms with van der Waals surface area (Å²) in [6.07, 6.45) is -3.80. The SMILES string of the molecule is CC(O)OC(=O)C(O)CC(=O)O. The van der Waals surface area contributed by atoms with E-state index in [-0.39, 0.29) is 0 Å². The maximum Gasteiger partial charge on any atom is 0.337 e. The van der Waals surface area contributed by atoms with Crippen LogP contribution in [0.5, 0.6) is 0 Å². The fraction of sp³-hybridized carbons (Fsp3) is 0.667. The Morgan fingerprint density at radius 1 is 1.42 bits per heavy atom. The molecule has 0 aromatic carbocycles. The highest BCUT2D eigenvalue weighted by Gasteiger charge is 2.21. The average Bonchev–Trinajstić information content (AvgIpc) is 1.84. The molecule has 0 amide bonds. The van der Waals surface area contributed by atoms with Gasteiger partial charge in [-0.3, -0.25) is 4.79 Å². The summed E-state index contributed by atoms with van der Waals surface area (Å²) < 4.78 is 4.12. The average molecular weight is 178 g/mol. The zero-order chi connectivity index (χ0) is 9.72. The van der Waals surface area contributed by atoms with Gasteiger partial charge in [-0.2, -0.15) is 0 Å². The van der Waals surface area contributed by atoms with E-state index in [4.69, 9.17) is 15.3 Å². The second kappa shape index (κ2) is 4.68. The van der Waals surface area contributed by atoms with Crippen molar-refractivity contribution in [2.45, 2.75) is 25.7 Å². The summed E-state index contributed by atoms with van der Waals surface area (Å²) in [6.45, 7) is 1.17.